The number of amides is 1. The lowest BCUT2D eigenvalue weighted by molar-refractivity contribution is 0.0957. The van der Waals surface area contributed by atoms with E-state index in [1.54, 1.807) is 12.4 Å². The summed E-state index contributed by atoms with van der Waals surface area (Å²) >= 11 is 0. The molecule has 0 radical (unpaired) electrons. The van der Waals surface area contributed by atoms with Gasteiger partial charge in [0.25, 0.3) is 5.91 Å². The molecule has 1 amide bonds. The molecule has 0 saturated heterocycles. The molecule has 5 rings (SSSR count). The first kappa shape index (κ1) is 18.3. The Kier molecular flexibility index (Phi) is 4.63. The van der Waals surface area contributed by atoms with Gasteiger partial charge in [0, 0.05) is 36.1 Å². The molecule has 0 fully saturated rings. The number of aromatic nitrogens is 3. The van der Waals surface area contributed by atoms with Crippen LogP contribution >= 0.6 is 0 Å². The van der Waals surface area contributed by atoms with Gasteiger partial charge in [0.2, 0.25) is 0 Å². The number of carbonyl (C=O) groups excluding carboxylic acids is 1. The predicted octanol–water partition coefficient (Wildman–Crippen LogP) is 1.45. The average molecular weight is 399 g/mol. The molecule has 150 valence electrons. The molecular formula is C23H21N5O2. The van der Waals surface area contributed by atoms with E-state index in [4.69, 9.17) is 14.7 Å². The van der Waals surface area contributed by atoms with Gasteiger partial charge in [-0.25, -0.2) is 9.97 Å². The first-order valence-corrected chi connectivity index (χ1v) is 9.96. The molecule has 1 aliphatic heterocycles. The van der Waals surface area contributed by atoms with Crippen molar-refractivity contribution in [3.8, 4) is 17.1 Å². The van der Waals surface area contributed by atoms with E-state index in [0.29, 0.717) is 30.3 Å². The third kappa shape index (κ3) is 3.28. The van der Waals surface area contributed by atoms with Crippen LogP contribution in [-0.4, -0.2) is 41.1 Å². The van der Waals surface area contributed by atoms with Crippen LogP contribution in [0.3, 0.4) is 0 Å². The number of nitrogens with zero attached hydrogens (tertiary/aromatic N) is 3. The fourth-order valence-corrected chi connectivity index (χ4v) is 3.86. The Hall–Kier alpha value is -3.74. The molecule has 1 unspecified atom stereocenters. The number of hydrogen-bond donors (Lipinski definition) is 2. The lowest BCUT2D eigenvalue weighted by Crippen LogP contribution is -2.35. The minimum atomic E-state index is -0.0904. The summed E-state index contributed by atoms with van der Waals surface area (Å²) < 4.78 is 5.78. The highest BCUT2D eigenvalue weighted by atomic mass is 16.5. The number of carbonyl (C=O) groups is 1. The average Bonchev–Trinajstić information content (AvgIpc) is 2.99. The summed E-state index contributed by atoms with van der Waals surface area (Å²) in [4.78, 5) is 25.8. The maximum Gasteiger partial charge on any atom is 0.255 e. The Morgan fingerprint density at radius 3 is 3.00 bits per heavy atom. The zero-order valence-electron chi connectivity index (χ0n) is 16.6. The van der Waals surface area contributed by atoms with Crippen LogP contribution in [0.25, 0.3) is 23.5 Å². The lowest BCUT2D eigenvalue weighted by atomic mass is 9.90. The van der Waals surface area contributed by atoms with Crippen LogP contribution in [0, 0.1) is 0 Å². The van der Waals surface area contributed by atoms with Crippen LogP contribution in [0.4, 0.5) is 5.82 Å². The molecule has 7 nitrogen and oxygen atoms in total. The largest absolute Gasteiger partial charge is 0.491 e. The van der Waals surface area contributed by atoms with Gasteiger partial charge in [-0.05, 0) is 36.2 Å². The summed E-state index contributed by atoms with van der Waals surface area (Å²) in [7, 11) is 1.86. The Balaban J connectivity index is 1.56. The van der Waals surface area contributed by atoms with Crippen molar-refractivity contribution in [2.45, 2.75) is 12.3 Å². The van der Waals surface area contributed by atoms with Crippen molar-refractivity contribution in [3.05, 3.63) is 64.4 Å². The quantitative estimate of drug-likeness (QED) is 0.693. The summed E-state index contributed by atoms with van der Waals surface area (Å²) in [5, 5.41) is 7.93. The Labute approximate surface area is 173 Å². The molecule has 1 aliphatic carbocycles. The van der Waals surface area contributed by atoms with E-state index in [1.807, 2.05) is 37.4 Å². The molecule has 3 aromatic rings. The van der Waals surface area contributed by atoms with Crippen molar-refractivity contribution in [1.82, 2.24) is 20.3 Å². The third-order valence-electron chi connectivity index (χ3n) is 5.39. The van der Waals surface area contributed by atoms with Gasteiger partial charge >= 0.3 is 0 Å². The first-order chi connectivity index (χ1) is 14.7. The van der Waals surface area contributed by atoms with E-state index in [0.717, 1.165) is 33.9 Å². The van der Waals surface area contributed by atoms with Gasteiger partial charge < -0.3 is 15.4 Å². The van der Waals surface area contributed by atoms with Crippen molar-refractivity contribution in [2.24, 2.45) is 0 Å². The second kappa shape index (κ2) is 7.59. The third-order valence-corrected chi connectivity index (χ3v) is 5.39. The summed E-state index contributed by atoms with van der Waals surface area (Å²) in [6.45, 7) is 0.988. The molecule has 2 N–H and O–H groups in total. The number of anilines is 1. The number of ether oxygens (including phenoxy) is 1. The SMILES string of the molecule is CNc1nc(-c2cccnc2)nc2c1=CC(c1ccc3c(c1)OCCNC3=O)CC=2. The van der Waals surface area contributed by atoms with Crippen molar-refractivity contribution in [2.75, 3.05) is 25.5 Å². The topological polar surface area (TPSA) is 89.0 Å². The van der Waals surface area contributed by atoms with Crippen LogP contribution in [0.2, 0.25) is 0 Å². The predicted molar refractivity (Wildman–Crippen MR) is 115 cm³/mol. The Bertz CT molecular complexity index is 1240. The van der Waals surface area contributed by atoms with Crippen molar-refractivity contribution in [3.63, 3.8) is 0 Å². The minimum absolute atomic E-state index is 0.0904. The highest BCUT2D eigenvalue weighted by Crippen LogP contribution is 2.30. The molecule has 2 aliphatic rings. The number of nitrogens with one attached hydrogen (secondary N) is 2. The van der Waals surface area contributed by atoms with E-state index < -0.39 is 0 Å². The number of rotatable bonds is 3. The highest BCUT2D eigenvalue weighted by molar-refractivity contribution is 5.97. The van der Waals surface area contributed by atoms with E-state index >= 15 is 0 Å². The zero-order chi connectivity index (χ0) is 20.5. The van der Waals surface area contributed by atoms with E-state index in [2.05, 4.69) is 27.8 Å². The van der Waals surface area contributed by atoms with Crippen LogP contribution < -0.4 is 25.9 Å². The summed E-state index contributed by atoms with van der Waals surface area (Å²) in [5.41, 5.74) is 2.56. The highest BCUT2D eigenvalue weighted by Gasteiger charge is 2.20. The summed E-state index contributed by atoms with van der Waals surface area (Å²) in [6, 6.07) is 9.65. The van der Waals surface area contributed by atoms with Crippen LogP contribution in [0.1, 0.15) is 28.3 Å². The fraction of sp³-hybridized carbons (Fsp3) is 0.217. The van der Waals surface area contributed by atoms with Gasteiger partial charge in [-0.1, -0.05) is 18.2 Å². The molecule has 0 spiro atoms. The second-order valence-corrected chi connectivity index (χ2v) is 7.26. The summed E-state index contributed by atoms with van der Waals surface area (Å²) in [6.07, 6.45) is 8.64. The molecule has 1 aromatic carbocycles. The number of pyridine rings is 1. The molecular weight excluding hydrogens is 378 g/mol. The molecule has 0 saturated carbocycles. The standard InChI is InChI=1S/C23H21N5O2/c1-24-22-18-11-14(15-4-6-17-20(12-15)30-10-9-26-23(17)29)5-7-19(18)27-21(28-22)16-3-2-8-25-13-16/h2-4,6-8,11-14H,5,9-10H2,1H3,(H,26,29)(H,24,27,28). The van der Waals surface area contributed by atoms with E-state index in [-0.39, 0.29) is 11.8 Å². The van der Waals surface area contributed by atoms with Gasteiger partial charge in [0.05, 0.1) is 17.5 Å². The fourth-order valence-electron chi connectivity index (χ4n) is 3.86. The Morgan fingerprint density at radius 1 is 1.23 bits per heavy atom. The van der Waals surface area contributed by atoms with Gasteiger partial charge in [-0.3, -0.25) is 9.78 Å². The number of benzene rings is 1. The smallest absolute Gasteiger partial charge is 0.255 e. The van der Waals surface area contributed by atoms with Crippen molar-refractivity contribution in [1.29, 1.82) is 0 Å². The maximum atomic E-state index is 12.2. The molecule has 30 heavy (non-hydrogen) atoms. The molecule has 7 heteroatoms. The number of fused-ring (bicyclic) bond motifs is 2. The van der Waals surface area contributed by atoms with Crippen LogP contribution in [-0.2, 0) is 0 Å². The second-order valence-electron chi connectivity index (χ2n) is 7.26. The van der Waals surface area contributed by atoms with Gasteiger partial charge in [-0.15, -0.1) is 0 Å². The molecule has 2 aromatic heterocycles. The molecule has 0 bridgehead atoms. The van der Waals surface area contributed by atoms with Crippen molar-refractivity contribution >= 4 is 23.9 Å². The normalized spacial score (nSPS) is 17.2. The van der Waals surface area contributed by atoms with Crippen molar-refractivity contribution < 1.29 is 9.53 Å². The van der Waals surface area contributed by atoms with Gasteiger partial charge in [0.1, 0.15) is 18.2 Å². The first-order valence-electron chi connectivity index (χ1n) is 9.96. The molecule has 3 heterocycles. The minimum Gasteiger partial charge on any atom is -0.491 e. The van der Waals surface area contributed by atoms with E-state index in [1.165, 1.54) is 0 Å². The number of hydrogen-bond acceptors (Lipinski definition) is 6. The monoisotopic (exact) mass is 399 g/mol. The Morgan fingerprint density at radius 2 is 2.17 bits per heavy atom. The maximum absolute atomic E-state index is 12.2. The molecule has 1 atom stereocenters. The van der Waals surface area contributed by atoms with Crippen LogP contribution in [0.5, 0.6) is 5.75 Å². The van der Waals surface area contributed by atoms with Gasteiger partial charge in [-0.2, -0.15) is 0 Å². The lowest BCUT2D eigenvalue weighted by Gasteiger charge is -2.17. The van der Waals surface area contributed by atoms with Crippen LogP contribution in [0.15, 0.2) is 42.7 Å². The summed E-state index contributed by atoms with van der Waals surface area (Å²) in [5.74, 6) is 2.13. The van der Waals surface area contributed by atoms with E-state index in [9.17, 15) is 4.79 Å². The zero-order valence-corrected chi connectivity index (χ0v) is 16.6. The van der Waals surface area contributed by atoms with Gasteiger partial charge in [0.15, 0.2) is 5.82 Å².